The number of piperazine rings is 1. The molecular formula is C21H26F3N5O2. The maximum absolute atomic E-state index is 12.5. The van der Waals surface area contributed by atoms with Crippen LogP contribution in [-0.2, 0) is 6.54 Å². The molecule has 10 heteroatoms. The van der Waals surface area contributed by atoms with Gasteiger partial charge in [-0.25, -0.2) is 4.98 Å². The predicted molar refractivity (Wildman–Crippen MR) is 113 cm³/mol. The van der Waals surface area contributed by atoms with Gasteiger partial charge in [-0.05, 0) is 30.3 Å². The number of benzene rings is 1. The molecule has 3 rings (SSSR count). The Morgan fingerprint density at radius 1 is 1.13 bits per heavy atom. The lowest BCUT2D eigenvalue weighted by atomic mass is 10.2. The Morgan fingerprint density at radius 3 is 2.45 bits per heavy atom. The highest BCUT2D eigenvalue weighted by atomic mass is 19.4. The Balaban J connectivity index is 1.54. The second-order valence-corrected chi connectivity index (χ2v) is 6.94. The summed E-state index contributed by atoms with van der Waals surface area (Å²) in [6.07, 6.45) is -3.01. The zero-order valence-electron chi connectivity index (χ0n) is 17.5. The van der Waals surface area contributed by atoms with E-state index in [4.69, 9.17) is 9.47 Å². The number of rotatable bonds is 6. The molecule has 0 saturated carbocycles. The van der Waals surface area contributed by atoms with E-state index in [9.17, 15) is 13.2 Å². The van der Waals surface area contributed by atoms with Gasteiger partial charge in [0, 0.05) is 57.2 Å². The number of hydrogen-bond donors (Lipinski definition) is 1. The van der Waals surface area contributed by atoms with Gasteiger partial charge >= 0.3 is 6.18 Å². The molecule has 0 spiro atoms. The van der Waals surface area contributed by atoms with Gasteiger partial charge in [-0.1, -0.05) is 6.07 Å². The van der Waals surface area contributed by atoms with Crippen molar-refractivity contribution in [3.8, 4) is 11.6 Å². The Kier molecular flexibility index (Phi) is 7.43. The minimum Gasteiger partial charge on any atom is -0.497 e. The highest BCUT2D eigenvalue weighted by Crippen LogP contribution is 2.21. The Bertz CT molecular complexity index is 866. The summed E-state index contributed by atoms with van der Waals surface area (Å²) in [5.74, 6) is 1.47. The molecule has 2 heterocycles. The highest BCUT2D eigenvalue weighted by Gasteiger charge is 2.29. The number of alkyl halides is 3. The third kappa shape index (κ3) is 6.40. The van der Waals surface area contributed by atoms with Crippen LogP contribution in [0.5, 0.6) is 11.6 Å². The van der Waals surface area contributed by atoms with Crippen LogP contribution < -0.4 is 19.7 Å². The van der Waals surface area contributed by atoms with Gasteiger partial charge < -0.3 is 24.6 Å². The average Bonchev–Trinajstić information content (AvgIpc) is 2.79. The first-order valence-corrected chi connectivity index (χ1v) is 9.87. The van der Waals surface area contributed by atoms with Gasteiger partial charge in [0.2, 0.25) is 5.88 Å². The van der Waals surface area contributed by atoms with Crippen molar-refractivity contribution in [3.05, 3.63) is 48.2 Å². The normalized spacial score (nSPS) is 15.1. The van der Waals surface area contributed by atoms with Crippen molar-refractivity contribution in [2.75, 3.05) is 51.8 Å². The van der Waals surface area contributed by atoms with Gasteiger partial charge in [0.15, 0.2) is 12.6 Å². The fourth-order valence-electron chi connectivity index (χ4n) is 3.31. The molecule has 1 aromatic heterocycles. The molecule has 1 fully saturated rings. The van der Waals surface area contributed by atoms with Crippen molar-refractivity contribution in [3.63, 3.8) is 0 Å². The minimum atomic E-state index is -4.41. The topological polar surface area (TPSA) is 62.2 Å². The third-order valence-corrected chi connectivity index (χ3v) is 4.89. The van der Waals surface area contributed by atoms with E-state index in [0.29, 0.717) is 11.5 Å². The van der Waals surface area contributed by atoms with Crippen LogP contribution in [-0.4, -0.2) is 69.0 Å². The molecule has 1 saturated heterocycles. The van der Waals surface area contributed by atoms with Crippen LogP contribution in [0.3, 0.4) is 0 Å². The van der Waals surface area contributed by atoms with E-state index in [1.54, 1.807) is 26.3 Å². The summed E-state index contributed by atoms with van der Waals surface area (Å²) in [4.78, 5) is 12.6. The standard InChI is InChI=1S/C21H26F3N5O2/c1-25-20(27-14-16-4-3-9-26-19(16)31-15-21(22,23)24)29-12-10-28(11-13-29)17-5-7-18(30-2)8-6-17/h3-9H,10-15H2,1-2H3,(H,25,27). The van der Waals surface area contributed by atoms with Crippen molar-refractivity contribution in [1.82, 2.24) is 15.2 Å². The molecule has 0 aliphatic carbocycles. The lowest BCUT2D eigenvalue weighted by Gasteiger charge is -2.37. The maximum Gasteiger partial charge on any atom is 0.422 e. The van der Waals surface area contributed by atoms with E-state index < -0.39 is 12.8 Å². The van der Waals surface area contributed by atoms with Crippen molar-refractivity contribution >= 4 is 11.6 Å². The van der Waals surface area contributed by atoms with Crippen LogP contribution in [0.4, 0.5) is 18.9 Å². The van der Waals surface area contributed by atoms with Crippen LogP contribution in [0.15, 0.2) is 47.6 Å². The van der Waals surface area contributed by atoms with Crippen molar-refractivity contribution < 1.29 is 22.6 Å². The first-order valence-electron chi connectivity index (χ1n) is 9.87. The first-order chi connectivity index (χ1) is 14.9. The zero-order chi connectivity index (χ0) is 22.3. The van der Waals surface area contributed by atoms with E-state index >= 15 is 0 Å². The fraction of sp³-hybridized carbons (Fsp3) is 0.429. The van der Waals surface area contributed by atoms with Gasteiger partial charge in [-0.15, -0.1) is 0 Å². The van der Waals surface area contributed by atoms with Gasteiger partial charge in [0.1, 0.15) is 5.75 Å². The molecule has 1 aliphatic rings. The van der Waals surface area contributed by atoms with Gasteiger partial charge in [0.05, 0.1) is 7.11 Å². The van der Waals surface area contributed by atoms with E-state index in [1.165, 1.54) is 6.20 Å². The lowest BCUT2D eigenvalue weighted by Crippen LogP contribution is -2.52. The molecule has 2 aromatic rings. The van der Waals surface area contributed by atoms with Gasteiger partial charge in [-0.2, -0.15) is 13.2 Å². The molecule has 1 aliphatic heterocycles. The zero-order valence-corrected chi connectivity index (χ0v) is 17.5. The molecule has 1 aromatic carbocycles. The molecule has 7 nitrogen and oxygen atoms in total. The molecule has 0 amide bonds. The number of ether oxygens (including phenoxy) is 2. The molecule has 0 atom stereocenters. The number of nitrogens with one attached hydrogen (secondary N) is 1. The molecular weight excluding hydrogens is 411 g/mol. The van der Waals surface area contributed by atoms with Gasteiger partial charge in [-0.3, -0.25) is 4.99 Å². The van der Waals surface area contributed by atoms with Crippen LogP contribution in [0.1, 0.15) is 5.56 Å². The first kappa shape index (κ1) is 22.5. The van der Waals surface area contributed by atoms with Crippen molar-refractivity contribution in [2.45, 2.75) is 12.7 Å². The molecule has 0 bridgehead atoms. The van der Waals surface area contributed by atoms with E-state index in [0.717, 1.165) is 37.6 Å². The molecule has 1 N–H and O–H groups in total. The fourth-order valence-corrected chi connectivity index (χ4v) is 3.31. The van der Waals surface area contributed by atoms with E-state index in [1.807, 2.05) is 24.3 Å². The van der Waals surface area contributed by atoms with Crippen LogP contribution in [0, 0.1) is 0 Å². The molecule has 0 radical (unpaired) electrons. The number of anilines is 1. The number of aliphatic imine (C=N–C) groups is 1. The second kappa shape index (κ2) is 10.2. The summed E-state index contributed by atoms with van der Waals surface area (Å²) in [5.41, 5.74) is 1.66. The van der Waals surface area contributed by atoms with Crippen LogP contribution >= 0.6 is 0 Å². The van der Waals surface area contributed by atoms with Crippen LogP contribution in [0.2, 0.25) is 0 Å². The highest BCUT2D eigenvalue weighted by molar-refractivity contribution is 5.80. The van der Waals surface area contributed by atoms with E-state index in [-0.39, 0.29) is 12.4 Å². The maximum atomic E-state index is 12.5. The molecule has 31 heavy (non-hydrogen) atoms. The monoisotopic (exact) mass is 437 g/mol. The SMILES string of the molecule is CN=C(NCc1cccnc1OCC(F)(F)F)N1CCN(c2ccc(OC)cc2)CC1. The van der Waals surface area contributed by atoms with E-state index in [2.05, 4.69) is 25.1 Å². The van der Waals surface area contributed by atoms with Crippen molar-refractivity contribution in [2.24, 2.45) is 4.99 Å². The quantitative estimate of drug-likeness (QED) is 0.554. The summed E-state index contributed by atoms with van der Waals surface area (Å²) >= 11 is 0. The Morgan fingerprint density at radius 2 is 1.84 bits per heavy atom. The Labute approximate surface area is 179 Å². The number of hydrogen-bond acceptors (Lipinski definition) is 5. The largest absolute Gasteiger partial charge is 0.497 e. The summed E-state index contributed by atoms with van der Waals surface area (Å²) in [6, 6.07) is 11.3. The predicted octanol–water partition coefficient (Wildman–Crippen LogP) is 2.93. The number of guanidine groups is 1. The summed E-state index contributed by atoms with van der Waals surface area (Å²) in [6.45, 7) is 2.04. The smallest absolute Gasteiger partial charge is 0.422 e. The second-order valence-electron chi connectivity index (χ2n) is 6.94. The summed E-state index contributed by atoms with van der Waals surface area (Å²) in [7, 11) is 3.33. The third-order valence-electron chi connectivity index (χ3n) is 4.89. The van der Waals surface area contributed by atoms with Crippen molar-refractivity contribution in [1.29, 1.82) is 0 Å². The number of pyridine rings is 1. The lowest BCUT2D eigenvalue weighted by molar-refractivity contribution is -0.154. The molecule has 168 valence electrons. The summed E-state index contributed by atoms with van der Waals surface area (Å²) in [5, 5.41) is 3.20. The van der Waals surface area contributed by atoms with Gasteiger partial charge in [0.25, 0.3) is 0 Å². The molecule has 0 unspecified atom stereocenters. The van der Waals surface area contributed by atoms with Crippen LogP contribution in [0.25, 0.3) is 0 Å². The number of halogens is 3. The summed E-state index contributed by atoms with van der Waals surface area (Å²) < 4.78 is 47.5. The number of nitrogens with zero attached hydrogens (tertiary/aromatic N) is 4. The minimum absolute atomic E-state index is 0.0351. The number of aromatic nitrogens is 1. The average molecular weight is 437 g/mol. The Hall–Kier alpha value is -3.17. The number of methoxy groups -OCH3 is 1.